The molecule has 0 atom stereocenters. The van der Waals surface area contributed by atoms with Crippen molar-refractivity contribution in [1.29, 1.82) is 0 Å². The molecule has 9 nitrogen and oxygen atoms in total. The van der Waals surface area contributed by atoms with Crippen molar-refractivity contribution >= 4 is 39.7 Å². The molecule has 2 amide bonds. The van der Waals surface area contributed by atoms with Crippen LogP contribution in [0.2, 0.25) is 5.02 Å². The van der Waals surface area contributed by atoms with Gasteiger partial charge in [-0.1, -0.05) is 41.9 Å². The molecule has 35 heavy (non-hydrogen) atoms. The Hall–Kier alpha value is -3.47. The lowest BCUT2D eigenvalue weighted by atomic mass is 10.2. The number of nitrogens with one attached hydrogen (secondary N) is 2. The van der Waals surface area contributed by atoms with Gasteiger partial charge in [-0.3, -0.25) is 9.59 Å². The van der Waals surface area contributed by atoms with Gasteiger partial charge in [-0.15, -0.1) is 0 Å². The third-order valence-electron chi connectivity index (χ3n) is 4.65. The molecule has 184 valence electrons. The Morgan fingerprint density at radius 2 is 1.69 bits per heavy atom. The molecule has 3 aromatic rings. The second-order valence-corrected chi connectivity index (χ2v) is 10.2. The van der Waals surface area contributed by atoms with E-state index in [1.165, 1.54) is 22.7 Å². The van der Waals surface area contributed by atoms with E-state index < -0.39 is 21.8 Å². The average molecular weight is 517 g/mol. The Labute approximate surface area is 208 Å². The fraction of sp³-hybridized carbons (Fsp3) is 0.208. The first-order valence-corrected chi connectivity index (χ1v) is 12.5. The Morgan fingerprint density at radius 1 is 1.00 bits per heavy atom. The molecule has 0 saturated carbocycles. The Bertz CT molecular complexity index is 1290. The first kappa shape index (κ1) is 26.1. The van der Waals surface area contributed by atoms with Crippen LogP contribution in [0.15, 0.2) is 81.1 Å². The van der Waals surface area contributed by atoms with Crippen LogP contribution in [-0.2, 0) is 32.7 Å². The molecule has 0 spiro atoms. The average Bonchev–Trinajstić information content (AvgIpc) is 3.27. The van der Waals surface area contributed by atoms with Crippen molar-refractivity contribution in [3.63, 3.8) is 0 Å². The number of hydrogen-bond donors (Lipinski definition) is 2. The van der Waals surface area contributed by atoms with E-state index >= 15 is 0 Å². The quantitative estimate of drug-likeness (QED) is 0.257. The molecule has 1 heterocycles. The summed E-state index contributed by atoms with van der Waals surface area (Å²) in [7, 11) is -3.84. The molecule has 2 N–H and O–H groups in total. The summed E-state index contributed by atoms with van der Waals surface area (Å²) in [5.41, 5.74) is 2.86. The summed E-state index contributed by atoms with van der Waals surface area (Å²) in [6.45, 7) is 3.51. The fourth-order valence-corrected chi connectivity index (χ4v) is 4.56. The largest absolute Gasteiger partial charge is 0.459 e. The summed E-state index contributed by atoms with van der Waals surface area (Å²) in [6.07, 6.45) is 1.22. The van der Waals surface area contributed by atoms with Crippen LogP contribution in [0.4, 0.5) is 0 Å². The van der Waals surface area contributed by atoms with Gasteiger partial charge >= 0.3 is 11.8 Å². The molecule has 0 radical (unpaired) electrons. The van der Waals surface area contributed by atoms with Crippen molar-refractivity contribution < 1.29 is 22.4 Å². The second kappa shape index (κ2) is 11.8. The highest BCUT2D eigenvalue weighted by Crippen LogP contribution is 2.22. The summed E-state index contributed by atoms with van der Waals surface area (Å²) >= 11 is 5.96. The van der Waals surface area contributed by atoms with E-state index in [0.29, 0.717) is 10.8 Å². The molecular formula is C24H25ClN4O5S. The topological polar surface area (TPSA) is 121 Å². The van der Waals surface area contributed by atoms with E-state index in [-0.39, 0.29) is 29.8 Å². The van der Waals surface area contributed by atoms with Crippen molar-refractivity contribution in [2.24, 2.45) is 5.10 Å². The van der Waals surface area contributed by atoms with Crippen molar-refractivity contribution in [1.82, 2.24) is 15.0 Å². The number of halogens is 1. The first-order valence-electron chi connectivity index (χ1n) is 10.7. The Kier molecular flexibility index (Phi) is 8.80. The maximum absolute atomic E-state index is 13.3. The lowest BCUT2D eigenvalue weighted by Gasteiger charge is -2.21. The number of carbonyl (C=O) groups excluding carboxylic acids is 2. The molecule has 0 aliphatic heterocycles. The number of amides is 2. The second-order valence-electron chi connectivity index (χ2n) is 7.84. The van der Waals surface area contributed by atoms with Gasteiger partial charge in [0, 0.05) is 17.6 Å². The van der Waals surface area contributed by atoms with Crippen molar-refractivity contribution in [2.75, 3.05) is 0 Å². The Morgan fingerprint density at radius 3 is 2.34 bits per heavy atom. The van der Waals surface area contributed by atoms with Gasteiger partial charge in [0.2, 0.25) is 10.0 Å². The molecule has 0 bridgehead atoms. The van der Waals surface area contributed by atoms with E-state index in [1.54, 1.807) is 68.4 Å². The molecule has 0 aliphatic rings. The van der Waals surface area contributed by atoms with Gasteiger partial charge in [-0.2, -0.15) is 9.41 Å². The predicted octanol–water partition coefficient (Wildman–Crippen LogP) is 3.30. The van der Waals surface area contributed by atoms with Crippen LogP contribution in [0.5, 0.6) is 0 Å². The van der Waals surface area contributed by atoms with Gasteiger partial charge in [0.15, 0.2) is 0 Å². The van der Waals surface area contributed by atoms with E-state index in [9.17, 15) is 18.0 Å². The molecule has 0 unspecified atom stereocenters. The van der Waals surface area contributed by atoms with Crippen molar-refractivity contribution in [2.45, 2.75) is 37.9 Å². The van der Waals surface area contributed by atoms with Gasteiger partial charge in [-0.25, -0.2) is 13.8 Å². The third-order valence-corrected chi connectivity index (χ3v) is 6.71. The van der Waals surface area contributed by atoms with E-state index in [0.717, 1.165) is 5.56 Å². The van der Waals surface area contributed by atoms with Gasteiger partial charge in [-0.05, 0) is 55.8 Å². The normalized spacial score (nSPS) is 11.8. The maximum Gasteiger partial charge on any atom is 0.329 e. The molecule has 2 aromatic carbocycles. The van der Waals surface area contributed by atoms with Gasteiger partial charge < -0.3 is 9.73 Å². The van der Waals surface area contributed by atoms with Crippen LogP contribution in [0.1, 0.15) is 30.9 Å². The van der Waals surface area contributed by atoms with Crippen LogP contribution in [-0.4, -0.2) is 36.8 Å². The number of sulfonamides is 1. The maximum atomic E-state index is 13.3. The zero-order chi connectivity index (χ0) is 25.4. The number of hydrazone groups is 1. The number of benzene rings is 2. The number of carbonyl (C=O) groups is 2. The molecule has 0 aliphatic carbocycles. The number of hydrogen-bond acceptors (Lipinski definition) is 6. The third kappa shape index (κ3) is 7.51. The molecular weight excluding hydrogens is 492 g/mol. The van der Waals surface area contributed by atoms with E-state index in [2.05, 4.69) is 15.8 Å². The van der Waals surface area contributed by atoms with E-state index in [4.69, 9.17) is 16.0 Å². The standard InChI is InChI=1S/C24H25ClN4O5S/c1-17(2)27-23(30)24(31)28-26-14-20-12-13-21(34-20)16-29(15-18-8-10-19(25)11-9-18)35(32,33)22-6-4-3-5-7-22/h3-14,17H,15-16H2,1-2H3,(H,27,30)(H,28,31)/b26-14+. The lowest BCUT2D eigenvalue weighted by molar-refractivity contribution is -0.139. The summed E-state index contributed by atoms with van der Waals surface area (Å²) in [5.74, 6) is -1.08. The van der Waals surface area contributed by atoms with Crippen LogP contribution in [0.3, 0.4) is 0 Å². The summed E-state index contributed by atoms with van der Waals surface area (Å²) in [5, 5.41) is 6.71. The Balaban J connectivity index is 1.75. The van der Waals surface area contributed by atoms with Crippen LogP contribution < -0.4 is 10.7 Å². The minimum Gasteiger partial charge on any atom is -0.459 e. The molecule has 1 aromatic heterocycles. The summed E-state index contributed by atoms with van der Waals surface area (Å²) in [6, 6.07) is 18.0. The molecule has 0 saturated heterocycles. The van der Waals surface area contributed by atoms with Crippen LogP contribution in [0.25, 0.3) is 0 Å². The SMILES string of the molecule is CC(C)NC(=O)C(=O)N/N=C/c1ccc(CN(Cc2ccc(Cl)cc2)S(=O)(=O)c2ccccc2)o1. The summed E-state index contributed by atoms with van der Waals surface area (Å²) < 4.78 is 33.7. The number of furan rings is 1. The smallest absolute Gasteiger partial charge is 0.329 e. The number of nitrogens with zero attached hydrogens (tertiary/aromatic N) is 2. The molecule has 11 heteroatoms. The van der Waals surface area contributed by atoms with E-state index in [1.807, 2.05) is 0 Å². The minimum atomic E-state index is -3.84. The van der Waals surface area contributed by atoms with Crippen molar-refractivity contribution in [3.05, 3.63) is 88.8 Å². The monoisotopic (exact) mass is 516 g/mol. The van der Waals surface area contributed by atoms with Gasteiger partial charge in [0.05, 0.1) is 17.7 Å². The van der Waals surface area contributed by atoms with Crippen LogP contribution in [0, 0.1) is 0 Å². The zero-order valence-corrected chi connectivity index (χ0v) is 20.7. The first-order chi connectivity index (χ1) is 16.6. The van der Waals surface area contributed by atoms with Gasteiger partial charge in [0.1, 0.15) is 11.5 Å². The molecule has 0 fully saturated rings. The lowest BCUT2D eigenvalue weighted by Crippen LogP contribution is -2.41. The van der Waals surface area contributed by atoms with Crippen LogP contribution >= 0.6 is 11.6 Å². The van der Waals surface area contributed by atoms with Crippen molar-refractivity contribution in [3.8, 4) is 0 Å². The van der Waals surface area contributed by atoms with Gasteiger partial charge in [0.25, 0.3) is 0 Å². The minimum absolute atomic E-state index is 0.0448. The highest BCUT2D eigenvalue weighted by Gasteiger charge is 2.26. The number of rotatable bonds is 9. The highest BCUT2D eigenvalue weighted by atomic mass is 35.5. The molecule has 3 rings (SSSR count). The summed E-state index contributed by atoms with van der Waals surface area (Å²) in [4.78, 5) is 23.5. The fourth-order valence-electron chi connectivity index (χ4n) is 3.02. The zero-order valence-electron chi connectivity index (χ0n) is 19.1. The highest BCUT2D eigenvalue weighted by molar-refractivity contribution is 7.89. The predicted molar refractivity (Wildman–Crippen MR) is 132 cm³/mol.